The van der Waals surface area contributed by atoms with E-state index in [-0.39, 0.29) is 24.5 Å². The molecular formula is C17H24ClNO3. The fourth-order valence-corrected chi connectivity index (χ4v) is 2.91. The topological polar surface area (TPSA) is 49.8 Å². The number of nitrogens with zero attached hydrogens (tertiary/aromatic N) is 1. The Morgan fingerprint density at radius 3 is 2.64 bits per heavy atom. The highest BCUT2D eigenvalue weighted by Crippen LogP contribution is 2.34. The molecule has 0 radical (unpaired) electrons. The van der Waals surface area contributed by atoms with E-state index >= 15 is 0 Å². The average molecular weight is 326 g/mol. The highest BCUT2D eigenvalue weighted by molar-refractivity contribution is 6.31. The predicted molar refractivity (Wildman–Crippen MR) is 87.3 cm³/mol. The van der Waals surface area contributed by atoms with E-state index in [1.165, 1.54) is 0 Å². The summed E-state index contributed by atoms with van der Waals surface area (Å²) in [4.78, 5) is 14.0. The molecule has 0 saturated carbocycles. The van der Waals surface area contributed by atoms with Gasteiger partial charge in [-0.15, -0.1) is 0 Å². The maximum absolute atomic E-state index is 12.2. The summed E-state index contributed by atoms with van der Waals surface area (Å²) in [5, 5.41) is 10.2. The monoisotopic (exact) mass is 325 g/mol. The molecule has 22 heavy (non-hydrogen) atoms. The van der Waals surface area contributed by atoms with Crippen molar-refractivity contribution in [1.29, 1.82) is 0 Å². The number of ether oxygens (including phenoxy) is 1. The summed E-state index contributed by atoms with van der Waals surface area (Å²) in [6.45, 7) is 5.62. The Morgan fingerprint density at radius 1 is 1.41 bits per heavy atom. The van der Waals surface area contributed by atoms with E-state index in [0.717, 1.165) is 24.8 Å². The smallest absolute Gasteiger partial charge is 0.260 e. The lowest BCUT2D eigenvalue weighted by Crippen LogP contribution is -2.45. The van der Waals surface area contributed by atoms with Crippen LogP contribution in [0, 0.1) is 12.3 Å². The Morgan fingerprint density at radius 2 is 2.09 bits per heavy atom. The molecule has 122 valence electrons. The third-order valence-electron chi connectivity index (χ3n) is 4.75. The van der Waals surface area contributed by atoms with Crippen molar-refractivity contribution in [3.8, 4) is 5.75 Å². The molecule has 0 spiro atoms. The Balaban J connectivity index is 1.84. The van der Waals surface area contributed by atoms with Gasteiger partial charge in [-0.25, -0.2) is 0 Å². The van der Waals surface area contributed by atoms with Crippen molar-refractivity contribution in [1.82, 2.24) is 4.90 Å². The minimum absolute atomic E-state index is 0.00440. The number of benzene rings is 1. The predicted octanol–water partition coefficient (Wildman–Crippen LogP) is 3.04. The quantitative estimate of drug-likeness (QED) is 0.905. The van der Waals surface area contributed by atoms with Crippen LogP contribution in [-0.4, -0.2) is 42.2 Å². The number of aliphatic hydroxyl groups is 1. The van der Waals surface area contributed by atoms with Gasteiger partial charge in [0.15, 0.2) is 6.61 Å². The van der Waals surface area contributed by atoms with E-state index < -0.39 is 0 Å². The number of aliphatic hydroxyl groups excluding tert-OH is 1. The summed E-state index contributed by atoms with van der Waals surface area (Å²) in [5.41, 5.74) is 0.922. The summed E-state index contributed by atoms with van der Waals surface area (Å²) in [6, 6.07) is 5.38. The summed E-state index contributed by atoms with van der Waals surface area (Å²) in [7, 11) is 0. The van der Waals surface area contributed by atoms with Crippen molar-refractivity contribution < 1.29 is 14.6 Å². The number of hydrogen-bond acceptors (Lipinski definition) is 3. The molecule has 1 amide bonds. The normalized spacial score (nSPS) is 17.4. The van der Waals surface area contributed by atoms with Gasteiger partial charge in [-0.3, -0.25) is 4.79 Å². The second kappa shape index (κ2) is 7.34. The van der Waals surface area contributed by atoms with Crippen LogP contribution < -0.4 is 4.74 Å². The zero-order chi connectivity index (χ0) is 16.2. The maximum atomic E-state index is 12.2. The molecule has 1 fully saturated rings. The first-order chi connectivity index (χ1) is 10.5. The number of amides is 1. The van der Waals surface area contributed by atoms with Crippen molar-refractivity contribution in [3.05, 3.63) is 28.8 Å². The fourth-order valence-electron chi connectivity index (χ4n) is 2.80. The van der Waals surface area contributed by atoms with Gasteiger partial charge in [-0.1, -0.05) is 18.5 Å². The van der Waals surface area contributed by atoms with Crippen LogP contribution >= 0.6 is 11.6 Å². The van der Waals surface area contributed by atoms with E-state index in [1.807, 2.05) is 17.9 Å². The van der Waals surface area contributed by atoms with Gasteiger partial charge >= 0.3 is 0 Å². The van der Waals surface area contributed by atoms with Crippen LogP contribution in [0.15, 0.2) is 18.2 Å². The lowest BCUT2D eigenvalue weighted by molar-refractivity contribution is -0.136. The van der Waals surface area contributed by atoms with Crippen molar-refractivity contribution in [2.24, 2.45) is 5.41 Å². The number of rotatable bonds is 5. The molecule has 1 heterocycles. The van der Waals surface area contributed by atoms with Crippen molar-refractivity contribution >= 4 is 17.5 Å². The van der Waals surface area contributed by atoms with Crippen LogP contribution in [0.4, 0.5) is 0 Å². The minimum atomic E-state index is -0.00900. The lowest BCUT2D eigenvalue weighted by Gasteiger charge is -2.40. The van der Waals surface area contributed by atoms with Crippen LogP contribution in [-0.2, 0) is 4.79 Å². The van der Waals surface area contributed by atoms with E-state index in [1.54, 1.807) is 12.1 Å². The summed E-state index contributed by atoms with van der Waals surface area (Å²) >= 11 is 5.97. The molecule has 1 aromatic carbocycles. The first kappa shape index (κ1) is 17.1. The second-order valence-corrected chi connectivity index (χ2v) is 6.50. The van der Waals surface area contributed by atoms with Crippen molar-refractivity contribution in [2.45, 2.75) is 33.1 Å². The molecule has 1 aromatic rings. The maximum Gasteiger partial charge on any atom is 0.260 e. The molecule has 0 unspecified atom stereocenters. The highest BCUT2D eigenvalue weighted by Gasteiger charge is 2.33. The van der Waals surface area contributed by atoms with Crippen LogP contribution in [0.3, 0.4) is 0 Å². The number of hydrogen-bond donors (Lipinski definition) is 1. The van der Waals surface area contributed by atoms with Gasteiger partial charge in [0.05, 0.1) is 0 Å². The first-order valence-electron chi connectivity index (χ1n) is 7.77. The van der Waals surface area contributed by atoms with E-state index in [4.69, 9.17) is 16.3 Å². The molecule has 0 atom stereocenters. The van der Waals surface area contributed by atoms with E-state index in [2.05, 4.69) is 6.92 Å². The third-order valence-corrected chi connectivity index (χ3v) is 5.18. The summed E-state index contributed by atoms with van der Waals surface area (Å²) in [5.74, 6) is 0.653. The van der Waals surface area contributed by atoms with Gasteiger partial charge < -0.3 is 14.7 Å². The standard InChI is InChI=1S/C17H24ClNO3/c1-3-17(12-20)6-8-19(9-7-17)16(21)11-22-14-4-5-15(18)13(2)10-14/h4-5,10,20H,3,6-9,11-12H2,1-2H3. The number of likely N-dealkylation sites (tertiary alicyclic amines) is 1. The zero-order valence-corrected chi connectivity index (χ0v) is 14.0. The van der Waals surface area contributed by atoms with Crippen LogP contribution in [0.5, 0.6) is 5.75 Å². The molecular weight excluding hydrogens is 302 g/mol. The van der Waals surface area contributed by atoms with Gasteiger partial charge in [0.1, 0.15) is 5.75 Å². The van der Waals surface area contributed by atoms with Crippen LogP contribution in [0.2, 0.25) is 5.02 Å². The molecule has 0 aliphatic carbocycles. The van der Waals surface area contributed by atoms with Crippen molar-refractivity contribution in [3.63, 3.8) is 0 Å². The SMILES string of the molecule is CCC1(CO)CCN(C(=O)COc2ccc(Cl)c(C)c2)CC1. The number of carbonyl (C=O) groups excluding carboxylic acids is 1. The van der Waals surface area contributed by atoms with E-state index in [9.17, 15) is 9.90 Å². The molecule has 0 bridgehead atoms. The lowest BCUT2D eigenvalue weighted by atomic mass is 9.77. The van der Waals surface area contributed by atoms with Crippen LogP contribution in [0.25, 0.3) is 0 Å². The highest BCUT2D eigenvalue weighted by atomic mass is 35.5. The second-order valence-electron chi connectivity index (χ2n) is 6.09. The molecule has 5 heteroatoms. The summed E-state index contributed by atoms with van der Waals surface area (Å²) < 4.78 is 5.56. The Kier molecular flexibility index (Phi) is 5.70. The zero-order valence-electron chi connectivity index (χ0n) is 13.3. The Labute approximate surface area is 137 Å². The molecule has 1 aliphatic heterocycles. The minimum Gasteiger partial charge on any atom is -0.484 e. The van der Waals surface area contributed by atoms with E-state index in [0.29, 0.717) is 23.9 Å². The number of piperidine rings is 1. The molecule has 0 aromatic heterocycles. The van der Waals surface area contributed by atoms with Crippen LogP contribution in [0.1, 0.15) is 31.7 Å². The van der Waals surface area contributed by atoms with Crippen molar-refractivity contribution in [2.75, 3.05) is 26.3 Å². The first-order valence-corrected chi connectivity index (χ1v) is 8.15. The van der Waals surface area contributed by atoms with Gasteiger partial charge in [-0.2, -0.15) is 0 Å². The molecule has 2 rings (SSSR count). The third kappa shape index (κ3) is 3.93. The number of halogens is 1. The molecule has 1 aliphatic rings. The molecule has 1 N–H and O–H groups in total. The Bertz CT molecular complexity index is 519. The molecule has 1 saturated heterocycles. The molecule has 4 nitrogen and oxygen atoms in total. The van der Waals surface area contributed by atoms with Gasteiger partial charge in [0.2, 0.25) is 0 Å². The fraction of sp³-hybridized carbons (Fsp3) is 0.588. The largest absolute Gasteiger partial charge is 0.484 e. The number of carbonyl (C=O) groups is 1. The van der Waals surface area contributed by atoms with Gasteiger partial charge in [0, 0.05) is 24.7 Å². The number of aryl methyl sites for hydroxylation is 1. The average Bonchev–Trinajstić information content (AvgIpc) is 2.55. The van der Waals surface area contributed by atoms with Gasteiger partial charge in [0.25, 0.3) is 5.91 Å². The summed E-state index contributed by atoms with van der Waals surface area (Å²) in [6.07, 6.45) is 2.66. The van der Waals surface area contributed by atoms with Gasteiger partial charge in [-0.05, 0) is 55.4 Å². The Hall–Kier alpha value is -1.26.